The number of aromatic amines is 1. The van der Waals surface area contributed by atoms with Gasteiger partial charge in [0, 0.05) is 37.2 Å². The summed E-state index contributed by atoms with van der Waals surface area (Å²) in [4.78, 5) is 25.5. The Labute approximate surface area is 156 Å². The molecule has 3 atom stereocenters. The van der Waals surface area contributed by atoms with E-state index in [2.05, 4.69) is 26.8 Å². The Morgan fingerprint density at radius 3 is 2.96 bits per heavy atom. The smallest absolute Gasteiger partial charge is 0.251 e. The molecule has 0 bridgehead atoms. The van der Waals surface area contributed by atoms with Crippen LogP contribution in [-0.4, -0.2) is 50.3 Å². The van der Waals surface area contributed by atoms with Gasteiger partial charge in [-0.2, -0.15) is 0 Å². The third-order valence-electron chi connectivity index (χ3n) is 5.65. The molecular weight excluding hydrogens is 352 g/mol. The topological polar surface area (TPSA) is 73.9 Å². The first-order chi connectivity index (χ1) is 12.9. The number of hydrogen-bond donors (Lipinski definition) is 2. The van der Waals surface area contributed by atoms with Crippen LogP contribution in [0.4, 0.5) is 14.6 Å². The number of rotatable bonds is 5. The van der Waals surface area contributed by atoms with Gasteiger partial charge in [0.1, 0.15) is 17.8 Å². The number of fused-ring (bicyclic) bond motifs is 1. The van der Waals surface area contributed by atoms with Crippen LogP contribution >= 0.6 is 0 Å². The number of alkyl halides is 2. The fourth-order valence-electron chi connectivity index (χ4n) is 3.90. The molecule has 6 nitrogen and oxygen atoms in total. The summed E-state index contributed by atoms with van der Waals surface area (Å²) in [6, 6.07) is 0.201. The van der Waals surface area contributed by atoms with Crippen molar-refractivity contribution in [2.75, 3.05) is 11.9 Å². The molecule has 2 aliphatic rings. The van der Waals surface area contributed by atoms with Crippen LogP contribution in [0.1, 0.15) is 31.7 Å². The predicted octanol–water partition coefficient (Wildman–Crippen LogP) is 3.13. The zero-order valence-electron chi connectivity index (χ0n) is 15.2. The van der Waals surface area contributed by atoms with Crippen molar-refractivity contribution in [1.29, 1.82) is 0 Å². The third-order valence-corrected chi connectivity index (χ3v) is 5.65. The van der Waals surface area contributed by atoms with Crippen LogP contribution < -0.4 is 5.32 Å². The van der Waals surface area contributed by atoms with Crippen LogP contribution in [0.15, 0.2) is 25.2 Å². The summed E-state index contributed by atoms with van der Waals surface area (Å²) < 4.78 is 26.7. The number of piperidine rings is 1. The molecule has 27 heavy (non-hydrogen) atoms. The summed E-state index contributed by atoms with van der Waals surface area (Å²) in [6.45, 7) is 6.15. The van der Waals surface area contributed by atoms with Crippen LogP contribution in [0.25, 0.3) is 11.0 Å². The van der Waals surface area contributed by atoms with Gasteiger partial charge in [0.15, 0.2) is 0 Å². The molecule has 4 rings (SSSR count). The summed E-state index contributed by atoms with van der Waals surface area (Å²) in [5, 5.41) is 4.17. The van der Waals surface area contributed by atoms with Crippen LogP contribution in [0.5, 0.6) is 0 Å². The summed E-state index contributed by atoms with van der Waals surface area (Å²) in [6.07, 6.45) is 6.55. The Bertz CT molecular complexity index is 880. The van der Waals surface area contributed by atoms with Gasteiger partial charge in [0.2, 0.25) is 5.91 Å². The van der Waals surface area contributed by atoms with E-state index in [1.54, 1.807) is 11.1 Å². The van der Waals surface area contributed by atoms with E-state index in [1.165, 1.54) is 12.4 Å². The van der Waals surface area contributed by atoms with Crippen molar-refractivity contribution < 1.29 is 13.6 Å². The molecule has 2 fully saturated rings. The number of aromatic nitrogens is 3. The van der Waals surface area contributed by atoms with Gasteiger partial charge in [-0.3, -0.25) is 4.79 Å². The predicted molar refractivity (Wildman–Crippen MR) is 98.7 cm³/mol. The van der Waals surface area contributed by atoms with Crippen LogP contribution in [-0.2, 0) is 11.2 Å². The van der Waals surface area contributed by atoms with Gasteiger partial charge in [-0.15, -0.1) is 0 Å². The van der Waals surface area contributed by atoms with Crippen LogP contribution in [0, 0.1) is 5.92 Å². The van der Waals surface area contributed by atoms with Crippen molar-refractivity contribution in [1.82, 2.24) is 19.9 Å². The molecule has 0 spiro atoms. The average molecular weight is 375 g/mol. The maximum atomic E-state index is 13.3. The summed E-state index contributed by atoms with van der Waals surface area (Å²) >= 11 is 0. The first-order valence-electron chi connectivity index (χ1n) is 9.27. The van der Waals surface area contributed by atoms with E-state index in [0.29, 0.717) is 24.4 Å². The second-order valence-corrected chi connectivity index (χ2v) is 7.59. The fraction of sp³-hybridized carbons (Fsp3) is 0.526. The lowest BCUT2D eigenvalue weighted by molar-refractivity contribution is -0.129. The molecule has 144 valence electrons. The van der Waals surface area contributed by atoms with Crippen molar-refractivity contribution in [3.63, 3.8) is 0 Å². The van der Waals surface area contributed by atoms with Crippen molar-refractivity contribution in [2.24, 2.45) is 5.92 Å². The normalized spacial score (nSPS) is 26.8. The highest BCUT2D eigenvalue weighted by Gasteiger charge is 2.56. The average Bonchev–Trinajstić information content (AvgIpc) is 3.04. The molecule has 1 saturated heterocycles. The lowest BCUT2D eigenvalue weighted by Crippen LogP contribution is -2.49. The number of hydrogen-bond acceptors (Lipinski definition) is 4. The first-order valence-corrected chi connectivity index (χ1v) is 9.27. The SMILES string of the molecule is C=CC(=O)N1C[C@H](Nc2ncnc3[nH]cc(C[C@@H]4CC4(F)F)c23)CC[C@@H]1C. The largest absolute Gasteiger partial charge is 0.365 e. The van der Waals surface area contributed by atoms with Crippen molar-refractivity contribution >= 4 is 22.8 Å². The molecule has 1 aliphatic carbocycles. The van der Waals surface area contributed by atoms with Gasteiger partial charge in [-0.05, 0) is 37.8 Å². The minimum absolute atomic E-state index is 0.0355. The van der Waals surface area contributed by atoms with E-state index in [-0.39, 0.29) is 24.4 Å². The van der Waals surface area contributed by atoms with E-state index in [1.807, 2.05) is 6.92 Å². The number of carbonyl (C=O) groups excluding carboxylic acids is 1. The zero-order chi connectivity index (χ0) is 19.2. The highest BCUT2D eigenvalue weighted by atomic mass is 19.3. The summed E-state index contributed by atoms with van der Waals surface area (Å²) in [5.41, 5.74) is 1.44. The maximum absolute atomic E-state index is 13.3. The van der Waals surface area contributed by atoms with E-state index in [9.17, 15) is 13.6 Å². The molecule has 2 aromatic rings. The second kappa shape index (κ2) is 6.58. The van der Waals surface area contributed by atoms with E-state index < -0.39 is 11.8 Å². The highest BCUT2D eigenvalue weighted by molar-refractivity contribution is 5.90. The molecule has 8 heteroatoms. The molecule has 1 aliphatic heterocycles. The Morgan fingerprint density at radius 2 is 2.26 bits per heavy atom. The molecule has 1 saturated carbocycles. The monoisotopic (exact) mass is 375 g/mol. The second-order valence-electron chi connectivity index (χ2n) is 7.59. The number of nitrogens with one attached hydrogen (secondary N) is 2. The summed E-state index contributed by atoms with van der Waals surface area (Å²) in [5.74, 6) is -2.62. The minimum atomic E-state index is -2.56. The highest BCUT2D eigenvalue weighted by Crippen LogP contribution is 2.51. The number of H-pyrrole nitrogens is 1. The number of halogens is 2. The number of likely N-dealkylation sites (tertiary alicyclic amines) is 1. The third kappa shape index (κ3) is 3.40. The molecule has 1 amide bonds. The van der Waals surface area contributed by atoms with E-state index >= 15 is 0 Å². The van der Waals surface area contributed by atoms with Gasteiger partial charge >= 0.3 is 0 Å². The van der Waals surface area contributed by atoms with Crippen molar-refractivity contribution in [3.05, 3.63) is 30.7 Å². The van der Waals surface area contributed by atoms with Gasteiger partial charge in [0.05, 0.1) is 5.39 Å². The Morgan fingerprint density at radius 1 is 1.48 bits per heavy atom. The standard InChI is InChI=1S/C19H23F2N5O/c1-3-15(27)26-9-14(5-4-11(26)2)25-18-16-12(6-13-7-19(13,20)21)8-22-17(16)23-10-24-18/h3,8,10-11,13-14H,1,4-7,9H2,2H3,(H2,22,23,24,25)/t11-,13+,14+/m0/s1. The van der Waals surface area contributed by atoms with Gasteiger partial charge in [0.25, 0.3) is 5.92 Å². The van der Waals surface area contributed by atoms with Crippen molar-refractivity contribution in [2.45, 2.75) is 50.6 Å². The molecule has 2 N–H and O–H groups in total. The first kappa shape index (κ1) is 17.9. The molecular formula is C19H23F2N5O. The summed E-state index contributed by atoms with van der Waals surface area (Å²) in [7, 11) is 0. The van der Waals surface area contributed by atoms with Gasteiger partial charge in [-0.1, -0.05) is 6.58 Å². The lowest BCUT2D eigenvalue weighted by atomic mass is 9.99. The minimum Gasteiger partial charge on any atom is -0.365 e. The molecule has 2 aromatic heterocycles. The number of amides is 1. The van der Waals surface area contributed by atoms with Crippen molar-refractivity contribution in [3.8, 4) is 0 Å². The zero-order valence-corrected chi connectivity index (χ0v) is 15.2. The Balaban J connectivity index is 1.56. The molecule has 3 heterocycles. The fourth-order valence-corrected chi connectivity index (χ4v) is 3.90. The lowest BCUT2D eigenvalue weighted by Gasteiger charge is -2.38. The Kier molecular flexibility index (Phi) is 4.36. The molecule has 0 unspecified atom stereocenters. The van der Waals surface area contributed by atoms with Gasteiger partial charge in [-0.25, -0.2) is 18.7 Å². The van der Waals surface area contributed by atoms with Gasteiger partial charge < -0.3 is 15.2 Å². The quantitative estimate of drug-likeness (QED) is 0.788. The number of carbonyl (C=O) groups is 1. The molecule has 0 radical (unpaired) electrons. The number of nitrogens with zero attached hydrogens (tertiary/aromatic N) is 3. The molecule has 0 aromatic carbocycles. The maximum Gasteiger partial charge on any atom is 0.251 e. The van der Waals surface area contributed by atoms with Crippen LogP contribution in [0.3, 0.4) is 0 Å². The Hall–Kier alpha value is -2.51. The van der Waals surface area contributed by atoms with E-state index in [4.69, 9.17) is 0 Å². The van der Waals surface area contributed by atoms with E-state index in [0.717, 1.165) is 23.8 Å². The van der Waals surface area contributed by atoms with Crippen LogP contribution in [0.2, 0.25) is 0 Å². The number of anilines is 1.